The van der Waals surface area contributed by atoms with Crippen LogP contribution in [-0.4, -0.2) is 46.6 Å². The largest absolute Gasteiger partial charge is 0.497 e. The van der Waals surface area contributed by atoms with Gasteiger partial charge >= 0.3 is 0 Å². The summed E-state index contributed by atoms with van der Waals surface area (Å²) in [4.78, 5) is 2.75. The molecule has 6 heteroatoms. The summed E-state index contributed by atoms with van der Waals surface area (Å²) >= 11 is 0. The zero-order valence-electron chi connectivity index (χ0n) is 15.8. The third kappa shape index (κ3) is 5.79. The van der Waals surface area contributed by atoms with Gasteiger partial charge < -0.3 is 9.64 Å². The lowest BCUT2D eigenvalue weighted by molar-refractivity contribution is 0.187. The first-order chi connectivity index (χ1) is 13.1. The first-order valence-electron chi connectivity index (χ1n) is 9.47. The summed E-state index contributed by atoms with van der Waals surface area (Å²) in [6, 6.07) is 17.0. The molecule has 0 bridgehead atoms. The van der Waals surface area contributed by atoms with E-state index in [4.69, 9.17) is 4.74 Å². The number of nitrogens with zero attached hydrogens (tertiary/aromatic N) is 1. The summed E-state index contributed by atoms with van der Waals surface area (Å²) in [5.41, 5.74) is 1.37. The van der Waals surface area contributed by atoms with Gasteiger partial charge in [-0.1, -0.05) is 30.3 Å². The fourth-order valence-corrected chi connectivity index (χ4v) is 4.53. The van der Waals surface area contributed by atoms with Crippen molar-refractivity contribution < 1.29 is 13.2 Å². The maximum atomic E-state index is 12.4. The van der Waals surface area contributed by atoms with Crippen LogP contribution in [0.1, 0.15) is 18.4 Å². The molecule has 0 unspecified atom stereocenters. The van der Waals surface area contributed by atoms with E-state index in [-0.39, 0.29) is 4.90 Å². The summed E-state index contributed by atoms with van der Waals surface area (Å²) in [5.74, 6) is 1.04. The molecule has 1 fully saturated rings. The van der Waals surface area contributed by atoms with Crippen molar-refractivity contribution >= 4 is 10.0 Å². The minimum Gasteiger partial charge on any atom is -0.497 e. The van der Waals surface area contributed by atoms with Gasteiger partial charge in [0.25, 0.3) is 0 Å². The van der Waals surface area contributed by atoms with Crippen LogP contribution in [0.4, 0.5) is 0 Å². The third-order valence-corrected chi connectivity index (χ3v) is 6.64. The number of rotatable bonds is 8. The van der Waals surface area contributed by atoms with Crippen LogP contribution in [0.2, 0.25) is 0 Å². The Labute approximate surface area is 162 Å². The van der Waals surface area contributed by atoms with Crippen molar-refractivity contribution in [3.8, 4) is 5.75 Å². The molecule has 0 radical (unpaired) electrons. The van der Waals surface area contributed by atoms with Crippen molar-refractivity contribution in [3.63, 3.8) is 0 Å². The van der Waals surface area contributed by atoms with Gasteiger partial charge in [0.15, 0.2) is 0 Å². The molecular formula is C21H28N2O3S. The number of likely N-dealkylation sites (tertiary alicyclic amines) is 1. The minimum atomic E-state index is -3.46. The maximum Gasteiger partial charge on any atom is 0.240 e. The molecule has 27 heavy (non-hydrogen) atoms. The van der Waals surface area contributed by atoms with Crippen LogP contribution in [0.15, 0.2) is 59.5 Å². The second-order valence-electron chi connectivity index (χ2n) is 7.05. The predicted octanol–water partition coefficient (Wildman–Crippen LogP) is 2.93. The van der Waals surface area contributed by atoms with Gasteiger partial charge in [-0.2, -0.15) is 0 Å². The molecule has 1 aliphatic heterocycles. The topological polar surface area (TPSA) is 58.6 Å². The quantitative estimate of drug-likeness (QED) is 0.755. The Morgan fingerprint density at radius 2 is 1.70 bits per heavy atom. The van der Waals surface area contributed by atoms with Crippen LogP contribution in [0.3, 0.4) is 0 Å². The molecule has 0 aliphatic carbocycles. The molecule has 0 aromatic heterocycles. The summed E-state index contributed by atoms with van der Waals surface area (Å²) in [6.45, 7) is 3.62. The number of methoxy groups -OCH3 is 1. The van der Waals surface area contributed by atoms with Gasteiger partial charge in [-0.25, -0.2) is 13.1 Å². The van der Waals surface area contributed by atoms with Crippen molar-refractivity contribution in [2.45, 2.75) is 24.2 Å². The van der Waals surface area contributed by atoms with Crippen molar-refractivity contribution in [1.29, 1.82) is 0 Å². The molecule has 5 nitrogen and oxygen atoms in total. The molecule has 2 aromatic carbocycles. The Kier molecular flexibility index (Phi) is 6.88. The second-order valence-corrected chi connectivity index (χ2v) is 8.81. The van der Waals surface area contributed by atoms with E-state index >= 15 is 0 Å². The van der Waals surface area contributed by atoms with E-state index in [0.717, 1.165) is 38.9 Å². The number of sulfonamides is 1. The third-order valence-electron chi connectivity index (χ3n) is 5.20. The van der Waals surface area contributed by atoms with Crippen LogP contribution in [-0.2, 0) is 16.4 Å². The lowest BCUT2D eigenvalue weighted by atomic mass is 9.97. The minimum absolute atomic E-state index is 0.281. The lowest BCUT2D eigenvalue weighted by Gasteiger charge is -2.32. The lowest BCUT2D eigenvalue weighted by Crippen LogP contribution is -2.39. The Bertz CT molecular complexity index is 799. The summed E-state index contributed by atoms with van der Waals surface area (Å²) in [6.07, 6.45) is 3.12. The molecule has 0 atom stereocenters. The number of hydrogen-bond acceptors (Lipinski definition) is 4. The standard InChI is InChI=1S/C21H28N2O3S/c1-26-20-7-9-21(10-8-20)27(24,25)22-17-19-12-15-23(16-13-19)14-11-18-5-3-2-4-6-18/h2-10,19,22H,11-17H2,1H3. The number of piperidine rings is 1. The van der Waals surface area contributed by atoms with E-state index in [9.17, 15) is 8.42 Å². The number of ether oxygens (including phenoxy) is 1. The highest BCUT2D eigenvalue weighted by Crippen LogP contribution is 2.19. The van der Waals surface area contributed by atoms with Gasteiger partial charge in [-0.3, -0.25) is 0 Å². The van der Waals surface area contributed by atoms with Gasteiger partial charge in [0.05, 0.1) is 12.0 Å². The summed E-state index contributed by atoms with van der Waals surface area (Å²) in [5, 5.41) is 0. The summed E-state index contributed by atoms with van der Waals surface area (Å²) in [7, 11) is -1.90. The molecule has 2 aromatic rings. The molecule has 1 saturated heterocycles. The molecule has 0 amide bonds. The van der Waals surface area contributed by atoms with Crippen molar-refractivity contribution in [1.82, 2.24) is 9.62 Å². The van der Waals surface area contributed by atoms with E-state index < -0.39 is 10.0 Å². The molecule has 3 rings (SSSR count). The molecule has 1 N–H and O–H groups in total. The zero-order valence-corrected chi connectivity index (χ0v) is 16.6. The van der Waals surface area contributed by atoms with E-state index in [2.05, 4.69) is 33.9 Å². The zero-order chi connectivity index (χ0) is 19.1. The highest BCUT2D eigenvalue weighted by atomic mass is 32.2. The van der Waals surface area contributed by atoms with Crippen molar-refractivity contribution in [3.05, 3.63) is 60.2 Å². The van der Waals surface area contributed by atoms with Gasteiger partial charge in [0.1, 0.15) is 5.75 Å². The molecule has 1 heterocycles. The van der Waals surface area contributed by atoms with Crippen LogP contribution in [0.25, 0.3) is 0 Å². The highest BCUT2D eigenvalue weighted by Gasteiger charge is 2.21. The Morgan fingerprint density at radius 3 is 2.33 bits per heavy atom. The monoisotopic (exact) mass is 388 g/mol. The van der Waals surface area contributed by atoms with Crippen molar-refractivity contribution in [2.75, 3.05) is 33.3 Å². The maximum absolute atomic E-state index is 12.4. The predicted molar refractivity (Wildman–Crippen MR) is 107 cm³/mol. The van der Waals surface area contributed by atoms with Gasteiger partial charge in [0, 0.05) is 13.1 Å². The average molecular weight is 389 g/mol. The summed E-state index contributed by atoms with van der Waals surface area (Å²) < 4.78 is 32.7. The smallest absolute Gasteiger partial charge is 0.240 e. The molecule has 146 valence electrons. The van der Waals surface area contributed by atoms with E-state index in [1.807, 2.05) is 6.07 Å². The van der Waals surface area contributed by atoms with Gasteiger partial charge in [0.2, 0.25) is 10.0 Å². The van der Waals surface area contributed by atoms with Crippen molar-refractivity contribution in [2.24, 2.45) is 5.92 Å². The van der Waals surface area contributed by atoms with Gasteiger partial charge in [-0.15, -0.1) is 0 Å². The Morgan fingerprint density at radius 1 is 1.04 bits per heavy atom. The van der Waals surface area contributed by atoms with Crippen LogP contribution in [0.5, 0.6) is 5.75 Å². The van der Waals surface area contributed by atoms with Crippen LogP contribution in [0, 0.1) is 5.92 Å². The Balaban J connectivity index is 1.42. The highest BCUT2D eigenvalue weighted by molar-refractivity contribution is 7.89. The normalized spacial score (nSPS) is 16.3. The SMILES string of the molecule is COc1ccc(S(=O)(=O)NCC2CCN(CCc3ccccc3)CC2)cc1. The molecule has 0 spiro atoms. The fraction of sp³-hybridized carbons (Fsp3) is 0.429. The fourth-order valence-electron chi connectivity index (χ4n) is 3.41. The molecular weight excluding hydrogens is 360 g/mol. The first kappa shape index (κ1) is 19.9. The first-order valence-corrected chi connectivity index (χ1v) is 10.9. The molecule has 0 saturated carbocycles. The number of nitrogens with one attached hydrogen (secondary N) is 1. The Hall–Kier alpha value is -1.89. The van der Waals surface area contributed by atoms with Gasteiger partial charge in [-0.05, 0) is 68.1 Å². The average Bonchev–Trinajstić information content (AvgIpc) is 2.72. The van der Waals surface area contributed by atoms with E-state index in [1.54, 1.807) is 31.4 Å². The van der Waals surface area contributed by atoms with E-state index in [1.165, 1.54) is 5.56 Å². The molecule has 1 aliphatic rings. The van der Waals surface area contributed by atoms with Crippen LogP contribution >= 0.6 is 0 Å². The van der Waals surface area contributed by atoms with E-state index in [0.29, 0.717) is 18.2 Å². The number of hydrogen-bond donors (Lipinski definition) is 1. The van der Waals surface area contributed by atoms with Crippen LogP contribution < -0.4 is 9.46 Å². The number of benzene rings is 2. The second kappa shape index (κ2) is 9.35.